The van der Waals surface area contributed by atoms with Crippen LogP contribution in [-0.2, 0) is 17.8 Å². The van der Waals surface area contributed by atoms with Gasteiger partial charge in [-0.1, -0.05) is 18.2 Å². The highest BCUT2D eigenvalue weighted by atomic mass is 19.4. The molecule has 0 aliphatic rings. The summed E-state index contributed by atoms with van der Waals surface area (Å²) in [6, 6.07) is 10.1. The van der Waals surface area contributed by atoms with Crippen molar-refractivity contribution < 1.29 is 27.4 Å². The first-order chi connectivity index (χ1) is 14.4. The zero-order chi connectivity index (χ0) is 21.8. The van der Waals surface area contributed by atoms with Crippen LogP contribution in [-0.4, -0.2) is 51.1 Å². The first-order valence-corrected chi connectivity index (χ1v) is 9.19. The van der Waals surface area contributed by atoms with Gasteiger partial charge in [-0.3, -0.25) is 4.99 Å². The second-order valence-corrected chi connectivity index (χ2v) is 6.17. The van der Waals surface area contributed by atoms with Crippen molar-refractivity contribution in [3.63, 3.8) is 0 Å². The van der Waals surface area contributed by atoms with Crippen molar-refractivity contribution in [2.45, 2.75) is 19.3 Å². The van der Waals surface area contributed by atoms with E-state index < -0.39 is 12.8 Å². The normalized spacial score (nSPS) is 11.8. The molecule has 2 rings (SSSR count). The summed E-state index contributed by atoms with van der Waals surface area (Å²) in [6.07, 6.45) is -2.65. The van der Waals surface area contributed by atoms with Gasteiger partial charge >= 0.3 is 6.18 Å². The Morgan fingerprint density at radius 3 is 2.20 bits per heavy atom. The van der Waals surface area contributed by atoms with E-state index in [0.717, 1.165) is 11.1 Å². The van der Waals surface area contributed by atoms with Crippen LogP contribution in [0.5, 0.6) is 11.6 Å². The van der Waals surface area contributed by atoms with E-state index >= 15 is 0 Å². The first-order valence-electron chi connectivity index (χ1n) is 9.19. The molecule has 0 unspecified atom stereocenters. The molecule has 10 heteroatoms. The van der Waals surface area contributed by atoms with E-state index in [2.05, 4.69) is 20.6 Å². The van der Waals surface area contributed by atoms with Crippen molar-refractivity contribution in [1.82, 2.24) is 15.6 Å². The van der Waals surface area contributed by atoms with Crippen LogP contribution in [0.2, 0.25) is 0 Å². The number of aromatic nitrogens is 1. The zero-order valence-electron chi connectivity index (χ0n) is 16.8. The summed E-state index contributed by atoms with van der Waals surface area (Å²) in [4.78, 5) is 8.37. The number of aliphatic imine (C=N–C) groups is 1. The third-order valence-corrected chi connectivity index (χ3v) is 3.80. The van der Waals surface area contributed by atoms with E-state index in [1.54, 1.807) is 38.6 Å². The van der Waals surface area contributed by atoms with Crippen LogP contribution in [0.1, 0.15) is 11.1 Å². The summed E-state index contributed by atoms with van der Waals surface area (Å²) in [6.45, 7) is 0.582. The van der Waals surface area contributed by atoms with Gasteiger partial charge < -0.3 is 24.8 Å². The highest BCUT2D eigenvalue weighted by Crippen LogP contribution is 2.18. The third-order valence-electron chi connectivity index (χ3n) is 3.80. The molecule has 0 radical (unpaired) electrons. The Kier molecular flexibility index (Phi) is 9.20. The molecule has 0 spiro atoms. The van der Waals surface area contributed by atoms with E-state index in [1.807, 2.05) is 6.07 Å². The highest BCUT2D eigenvalue weighted by Gasteiger charge is 2.28. The molecule has 0 atom stereocenters. The predicted molar refractivity (Wildman–Crippen MR) is 107 cm³/mol. The maximum Gasteiger partial charge on any atom is 0.422 e. The number of halogens is 3. The summed E-state index contributed by atoms with van der Waals surface area (Å²) in [5, 5.41) is 6.30. The van der Waals surface area contributed by atoms with Gasteiger partial charge in [-0.25, -0.2) is 4.98 Å². The second kappa shape index (κ2) is 11.9. The molecule has 0 saturated carbocycles. The molecule has 2 aromatic rings. The minimum Gasteiger partial charge on any atom is -0.484 e. The topological polar surface area (TPSA) is 77.0 Å². The Morgan fingerprint density at radius 1 is 0.967 bits per heavy atom. The number of hydrogen-bond donors (Lipinski definition) is 2. The van der Waals surface area contributed by atoms with Gasteiger partial charge in [0.05, 0.1) is 6.61 Å². The largest absolute Gasteiger partial charge is 0.484 e. The minimum atomic E-state index is -4.36. The number of pyridine rings is 1. The van der Waals surface area contributed by atoms with Crippen LogP contribution >= 0.6 is 0 Å². The number of hydrogen-bond acceptors (Lipinski definition) is 5. The molecule has 30 heavy (non-hydrogen) atoms. The summed E-state index contributed by atoms with van der Waals surface area (Å²) in [5.74, 6) is 1.27. The van der Waals surface area contributed by atoms with Crippen LogP contribution in [0, 0.1) is 0 Å². The zero-order valence-corrected chi connectivity index (χ0v) is 16.8. The summed E-state index contributed by atoms with van der Waals surface area (Å²) >= 11 is 0. The fraction of sp³-hybridized carbons (Fsp3) is 0.400. The lowest BCUT2D eigenvalue weighted by Gasteiger charge is -2.13. The van der Waals surface area contributed by atoms with Crippen molar-refractivity contribution in [2.24, 2.45) is 4.99 Å². The molecule has 0 bridgehead atoms. The maximum absolute atomic E-state index is 12.2. The number of guanidine groups is 1. The average Bonchev–Trinajstić information content (AvgIpc) is 2.74. The van der Waals surface area contributed by atoms with Gasteiger partial charge in [-0.05, 0) is 23.3 Å². The summed E-state index contributed by atoms with van der Waals surface area (Å²) in [5.41, 5.74) is 1.82. The molecular formula is C20H25F3N4O3. The average molecular weight is 426 g/mol. The number of ether oxygens (including phenoxy) is 3. The lowest BCUT2D eigenvalue weighted by molar-refractivity contribution is -0.153. The van der Waals surface area contributed by atoms with E-state index in [-0.39, 0.29) is 5.75 Å². The molecule has 1 heterocycles. The summed E-state index contributed by atoms with van der Waals surface area (Å²) in [7, 11) is 3.25. The lowest BCUT2D eigenvalue weighted by atomic mass is 10.2. The Bertz CT molecular complexity index is 781. The molecule has 0 fully saturated rings. The standard InChI is InChI=1S/C20H25F3N4O3/c1-24-19(27-13-16-5-8-18(25-12-16)29-10-9-28-2)26-11-15-3-6-17(7-4-15)30-14-20(21,22)23/h3-8,12H,9-11,13-14H2,1-2H3,(H2,24,26,27). The van der Waals surface area contributed by atoms with Gasteiger partial charge in [0.15, 0.2) is 12.6 Å². The Hall–Kier alpha value is -3.01. The van der Waals surface area contributed by atoms with E-state index in [0.29, 0.717) is 38.1 Å². The van der Waals surface area contributed by atoms with Crippen LogP contribution in [0.4, 0.5) is 13.2 Å². The number of alkyl halides is 3. The van der Waals surface area contributed by atoms with Crippen LogP contribution < -0.4 is 20.1 Å². The number of benzene rings is 1. The van der Waals surface area contributed by atoms with E-state index in [4.69, 9.17) is 14.2 Å². The Labute approximate surface area is 173 Å². The molecule has 2 N–H and O–H groups in total. The van der Waals surface area contributed by atoms with Gasteiger partial charge in [-0.15, -0.1) is 0 Å². The second-order valence-electron chi connectivity index (χ2n) is 6.17. The van der Waals surface area contributed by atoms with Gasteiger partial charge in [0.2, 0.25) is 5.88 Å². The summed E-state index contributed by atoms with van der Waals surface area (Å²) < 4.78 is 51.6. The van der Waals surface area contributed by atoms with Crippen LogP contribution in [0.3, 0.4) is 0 Å². The molecule has 0 amide bonds. The lowest BCUT2D eigenvalue weighted by Crippen LogP contribution is -2.36. The monoisotopic (exact) mass is 426 g/mol. The minimum absolute atomic E-state index is 0.167. The molecule has 7 nitrogen and oxygen atoms in total. The molecule has 1 aromatic carbocycles. The van der Waals surface area contributed by atoms with E-state index in [9.17, 15) is 13.2 Å². The smallest absolute Gasteiger partial charge is 0.422 e. The Balaban J connectivity index is 1.75. The van der Waals surface area contributed by atoms with Crippen molar-refractivity contribution in [3.8, 4) is 11.6 Å². The van der Waals surface area contributed by atoms with Gasteiger partial charge in [-0.2, -0.15) is 13.2 Å². The van der Waals surface area contributed by atoms with Crippen molar-refractivity contribution in [2.75, 3.05) is 34.0 Å². The molecule has 0 aliphatic heterocycles. The predicted octanol–water partition coefficient (Wildman–Crippen LogP) is 2.91. The highest BCUT2D eigenvalue weighted by molar-refractivity contribution is 5.79. The SMILES string of the molecule is CN=C(NCc1ccc(OCC(F)(F)F)cc1)NCc1ccc(OCCOC)nc1. The maximum atomic E-state index is 12.2. The van der Waals surface area contributed by atoms with Crippen LogP contribution in [0.15, 0.2) is 47.6 Å². The van der Waals surface area contributed by atoms with Crippen LogP contribution in [0.25, 0.3) is 0 Å². The Morgan fingerprint density at radius 2 is 1.63 bits per heavy atom. The van der Waals surface area contributed by atoms with E-state index in [1.165, 1.54) is 12.1 Å². The molecule has 0 aliphatic carbocycles. The quantitative estimate of drug-likeness (QED) is 0.346. The number of methoxy groups -OCH3 is 1. The van der Waals surface area contributed by atoms with Crippen molar-refractivity contribution in [3.05, 3.63) is 53.7 Å². The van der Waals surface area contributed by atoms with Gasteiger partial charge in [0.25, 0.3) is 0 Å². The third kappa shape index (κ3) is 8.99. The molecule has 164 valence electrons. The van der Waals surface area contributed by atoms with Crippen molar-refractivity contribution in [1.29, 1.82) is 0 Å². The first kappa shape index (κ1) is 23.3. The molecule has 0 saturated heterocycles. The fourth-order valence-corrected chi connectivity index (χ4v) is 2.29. The fourth-order valence-electron chi connectivity index (χ4n) is 2.29. The molecular weight excluding hydrogens is 401 g/mol. The number of nitrogens with zero attached hydrogens (tertiary/aromatic N) is 2. The van der Waals surface area contributed by atoms with Gasteiger partial charge in [0.1, 0.15) is 12.4 Å². The number of nitrogens with one attached hydrogen (secondary N) is 2. The molecule has 1 aromatic heterocycles. The van der Waals surface area contributed by atoms with Crippen molar-refractivity contribution >= 4 is 5.96 Å². The number of rotatable bonds is 10. The van der Waals surface area contributed by atoms with Gasteiger partial charge in [0, 0.05) is 39.5 Å².